The Kier molecular flexibility index (Phi) is 3.18. The Morgan fingerprint density at radius 2 is 1.79 bits per heavy atom. The van der Waals surface area contributed by atoms with E-state index in [4.69, 9.17) is 4.74 Å². The van der Waals surface area contributed by atoms with Gasteiger partial charge >= 0.3 is 0 Å². The van der Waals surface area contributed by atoms with Crippen LogP contribution < -0.4 is 0 Å². The zero-order valence-corrected chi connectivity index (χ0v) is 8.82. The summed E-state index contributed by atoms with van der Waals surface area (Å²) in [5.74, 6) is -0.0521. The second kappa shape index (κ2) is 4.18. The highest BCUT2D eigenvalue weighted by Crippen LogP contribution is 2.14. The average Bonchev–Trinajstić information content (AvgIpc) is 2.02. The zero-order chi connectivity index (χ0) is 10.6. The maximum atomic E-state index is 9.48. The Balaban J connectivity index is 2.70. The van der Waals surface area contributed by atoms with Crippen LogP contribution >= 0.6 is 0 Å². The van der Waals surface area contributed by atoms with Crippen molar-refractivity contribution in [1.82, 2.24) is 0 Å². The highest BCUT2D eigenvalue weighted by Gasteiger charge is 2.12. The highest BCUT2D eigenvalue weighted by atomic mass is 16.6. The minimum atomic E-state index is -0.366. The topological polar surface area (TPSA) is 29.5 Å². The second-order valence-corrected chi connectivity index (χ2v) is 4.11. The summed E-state index contributed by atoms with van der Waals surface area (Å²) >= 11 is 0. The summed E-state index contributed by atoms with van der Waals surface area (Å²) in [6, 6.07) is 9.57. The lowest BCUT2D eigenvalue weighted by molar-refractivity contribution is -0.0114. The van der Waals surface area contributed by atoms with Gasteiger partial charge in [-0.2, -0.15) is 0 Å². The Bertz CT molecular complexity index is 307. The molecule has 0 amide bonds. The Labute approximate surface area is 84.8 Å². The fourth-order valence-electron chi connectivity index (χ4n) is 1.04. The van der Waals surface area contributed by atoms with Gasteiger partial charge in [0.05, 0.1) is 0 Å². The van der Waals surface area contributed by atoms with Crippen LogP contribution in [0.4, 0.5) is 0 Å². The summed E-state index contributed by atoms with van der Waals surface area (Å²) in [4.78, 5) is 0. The quantitative estimate of drug-likeness (QED) is 0.728. The van der Waals surface area contributed by atoms with Crippen molar-refractivity contribution in [3.63, 3.8) is 0 Å². The zero-order valence-electron chi connectivity index (χ0n) is 8.82. The molecule has 0 aromatic heterocycles. The van der Waals surface area contributed by atoms with Crippen LogP contribution in [0.25, 0.3) is 6.08 Å². The maximum Gasteiger partial charge on any atom is 0.277 e. The largest absolute Gasteiger partial charge is 0.481 e. The van der Waals surface area contributed by atoms with E-state index in [1.54, 1.807) is 6.08 Å². The number of hydrogen-bond acceptors (Lipinski definition) is 2. The molecule has 0 fully saturated rings. The van der Waals surface area contributed by atoms with Crippen LogP contribution in [0.3, 0.4) is 0 Å². The molecule has 0 aliphatic carbocycles. The van der Waals surface area contributed by atoms with Gasteiger partial charge in [-0.3, -0.25) is 0 Å². The smallest absolute Gasteiger partial charge is 0.277 e. The van der Waals surface area contributed by atoms with Gasteiger partial charge in [0.25, 0.3) is 5.95 Å². The van der Waals surface area contributed by atoms with Gasteiger partial charge in [0.2, 0.25) is 0 Å². The molecule has 0 saturated carbocycles. The lowest BCUT2D eigenvalue weighted by atomic mass is 10.2. The Morgan fingerprint density at radius 3 is 2.29 bits per heavy atom. The minimum Gasteiger partial charge on any atom is -0.481 e. The van der Waals surface area contributed by atoms with Crippen LogP contribution in [-0.2, 0) is 4.74 Å². The van der Waals surface area contributed by atoms with Gasteiger partial charge in [-0.25, -0.2) is 0 Å². The molecule has 2 nitrogen and oxygen atoms in total. The van der Waals surface area contributed by atoms with Crippen LogP contribution in [0.15, 0.2) is 36.3 Å². The predicted octanol–water partition coefficient (Wildman–Crippen LogP) is 3.36. The fraction of sp³-hybridized carbons (Fsp3) is 0.333. The lowest BCUT2D eigenvalue weighted by Crippen LogP contribution is -2.18. The first-order chi connectivity index (χ1) is 6.47. The van der Waals surface area contributed by atoms with Crippen molar-refractivity contribution in [2.75, 3.05) is 0 Å². The average molecular weight is 192 g/mol. The summed E-state index contributed by atoms with van der Waals surface area (Å²) in [5, 5.41) is 9.48. The van der Waals surface area contributed by atoms with Gasteiger partial charge in [-0.15, -0.1) is 0 Å². The monoisotopic (exact) mass is 192 g/mol. The summed E-state index contributed by atoms with van der Waals surface area (Å²) < 4.78 is 5.26. The highest BCUT2D eigenvalue weighted by molar-refractivity contribution is 5.49. The Hall–Kier alpha value is -1.44. The second-order valence-electron chi connectivity index (χ2n) is 4.11. The molecular weight excluding hydrogens is 176 g/mol. The fourth-order valence-corrected chi connectivity index (χ4v) is 1.04. The molecule has 1 rings (SSSR count). The van der Waals surface area contributed by atoms with Gasteiger partial charge < -0.3 is 9.84 Å². The molecular formula is C12H16O2. The number of aliphatic hydroxyl groups is 1. The first kappa shape index (κ1) is 10.6. The van der Waals surface area contributed by atoms with Crippen LogP contribution in [0.1, 0.15) is 26.3 Å². The van der Waals surface area contributed by atoms with Gasteiger partial charge in [-0.05, 0) is 26.3 Å². The molecule has 0 bridgehead atoms. The molecule has 0 saturated heterocycles. The van der Waals surface area contributed by atoms with Gasteiger partial charge in [0.1, 0.15) is 5.60 Å². The molecule has 1 aromatic carbocycles. The van der Waals surface area contributed by atoms with Crippen molar-refractivity contribution in [2.24, 2.45) is 0 Å². The van der Waals surface area contributed by atoms with E-state index in [-0.39, 0.29) is 11.5 Å². The maximum absolute atomic E-state index is 9.48. The summed E-state index contributed by atoms with van der Waals surface area (Å²) in [6.45, 7) is 5.67. The predicted molar refractivity (Wildman–Crippen MR) is 57.9 cm³/mol. The van der Waals surface area contributed by atoms with E-state index >= 15 is 0 Å². The van der Waals surface area contributed by atoms with Crippen molar-refractivity contribution < 1.29 is 9.84 Å². The van der Waals surface area contributed by atoms with Crippen LogP contribution in [0.5, 0.6) is 0 Å². The number of hydrogen-bond donors (Lipinski definition) is 1. The standard InChI is InChI=1S/C12H16O2/c1-12(2,3)14-11(13)9-10-7-5-4-6-8-10/h4-9,13H,1-3H3/b11-9-. The molecule has 2 heteroatoms. The van der Waals surface area contributed by atoms with Crippen molar-refractivity contribution in [2.45, 2.75) is 26.4 Å². The minimum absolute atomic E-state index is 0.0521. The van der Waals surface area contributed by atoms with E-state index in [0.29, 0.717) is 0 Å². The van der Waals surface area contributed by atoms with Gasteiger partial charge in [0.15, 0.2) is 0 Å². The first-order valence-electron chi connectivity index (χ1n) is 4.62. The van der Waals surface area contributed by atoms with Crippen LogP contribution in [-0.4, -0.2) is 10.7 Å². The van der Waals surface area contributed by atoms with Crippen molar-refractivity contribution in [3.05, 3.63) is 41.8 Å². The normalized spacial score (nSPS) is 12.6. The van der Waals surface area contributed by atoms with Gasteiger partial charge in [0, 0.05) is 6.08 Å². The van der Waals surface area contributed by atoms with E-state index in [2.05, 4.69) is 0 Å². The molecule has 0 unspecified atom stereocenters. The third-order valence-corrected chi connectivity index (χ3v) is 1.50. The third kappa shape index (κ3) is 3.99. The first-order valence-corrected chi connectivity index (χ1v) is 4.62. The summed E-state index contributed by atoms with van der Waals surface area (Å²) in [5.41, 5.74) is 0.560. The molecule has 76 valence electrons. The van der Waals surface area contributed by atoms with E-state index in [1.807, 2.05) is 51.1 Å². The molecule has 1 N–H and O–H groups in total. The molecule has 1 aromatic rings. The Morgan fingerprint density at radius 1 is 1.21 bits per heavy atom. The van der Waals surface area contributed by atoms with Gasteiger partial charge in [-0.1, -0.05) is 30.3 Å². The molecule has 0 aliphatic rings. The lowest BCUT2D eigenvalue weighted by Gasteiger charge is -2.19. The molecule has 0 aliphatic heterocycles. The molecule has 14 heavy (non-hydrogen) atoms. The number of benzene rings is 1. The van der Waals surface area contributed by atoms with Crippen LogP contribution in [0.2, 0.25) is 0 Å². The van der Waals surface area contributed by atoms with E-state index in [1.165, 1.54) is 0 Å². The molecule has 0 spiro atoms. The molecule has 0 radical (unpaired) electrons. The molecule has 0 atom stereocenters. The van der Waals surface area contributed by atoms with Crippen molar-refractivity contribution in [3.8, 4) is 0 Å². The van der Waals surface area contributed by atoms with Crippen LogP contribution in [0, 0.1) is 0 Å². The van der Waals surface area contributed by atoms with E-state index in [9.17, 15) is 5.11 Å². The third-order valence-electron chi connectivity index (χ3n) is 1.50. The van der Waals surface area contributed by atoms with Crippen molar-refractivity contribution in [1.29, 1.82) is 0 Å². The van der Waals surface area contributed by atoms with E-state index < -0.39 is 0 Å². The number of ether oxygens (including phenoxy) is 1. The van der Waals surface area contributed by atoms with E-state index in [0.717, 1.165) is 5.56 Å². The number of rotatable bonds is 2. The summed E-state index contributed by atoms with van der Waals surface area (Å²) in [6.07, 6.45) is 1.60. The van der Waals surface area contributed by atoms with Crippen molar-refractivity contribution >= 4 is 6.08 Å². The SMILES string of the molecule is CC(C)(C)O/C(O)=C\c1ccccc1. The summed E-state index contributed by atoms with van der Waals surface area (Å²) in [7, 11) is 0. The molecule has 0 heterocycles. The number of aliphatic hydroxyl groups excluding tert-OH is 1.